The van der Waals surface area contributed by atoms with E-state index in [1.54, 1.807) is 44.5 Å². The van der Waals surface area contributed by atoms with Crippen molar-refractivity contribution in [2.45, 2.75) is 6.92 Å². The molecule has 0 aliphatic carbocycles. The number of hydrogen-bond acceptors (Lipinski definition) is 5. The minimum Gasteiger partial charge on any atom is -0.497 e. The smallest absolute Gasteiger partial charge is 0.222 e. The van der Waals surface area contributed by atoms with Crippen LogP contribution in [0.4, 0.5) is 5.69 Å². The highest BCUT2D eigenvalue weighted by atomic mass is 16.5. The van der Waals surface area contributed by atoms with Gasteiger partial charge in [0.1, 0.15) is 11.6 Å². The molecule has 5 nitrogen and oxygen atoms in total. The Morgan fingerprint density at radius 3 is 2.76 bits per heavy atom. The van der Waals surface area contributed by atoms with Crippen molar-refractivity contribution in [3.8, 4) is 17.4 Å². The molecule has 2 aromatic rings. The summed E-state index contributed by atoms with van der Waals surface area (Å²) < 4.78 is 10.7. The predicted octanol–water partition coefficient (Wildman–Crippen LogP) is 2.17. The number of nitrogens with zero attached hydrogens (tertiary/aromatic N) is 2. The van der Waals surface area contributed by atoms with Crippen LogP contribution in [0.5, 0.6) is 17.4 Å². The van der Waals surface area contributed by atoms with Gasteiger partial charge in [0, 0.05) is 18.3 Å². The van der Waals surface area contributed by atoms with Gasteiger partial charge in [0.05, 0.1) is 12.8 Å². The van der Waals surface area contributed by atoms with Crippen LogP contribution in [0.3, 0.4) is 0 Å². The summed E-state index contributed by atoms with van der Waals surface area (Å²) >= 11 is 0. The number of nitrogen functional groups attached to an aromatic ring is 1. The Bertz CT molecular complexity index is 529. The molecule has 5 heteroatoms. The van der Waals surface area contributed by atoms with E-state index in [-0.39, 0.29) is 0 Å². The lowest BCUT2D eigenvalue weighted by atomic mass is 10.3. The molecule has 1 aromatic heterocycles. The van der Waals surface area contributed by atoms with Crippen LogP contribution in [0.15, 0.2) is 30.5 Å². The van der Waals surface area contributed by atoms with E-state index in [0.29, 0.717) is 28.9 Å². The molecule has 1 heterocycles. The molecule has 0 amide bonds. The zero-order chi connectivity index (χ0) is 12.3. The van der Waals surface area contributed by atoms with E-state index < -0.39 is 0 Å². The summed E-state index contributed by atoms with van der Waals surface area (Å²) in [5.41, 5.74) is 6.34. The SMILES string of the molecule is COc1ccc(N)c(Oc2ccnc(C)n2)c1. The first-order chi connectivity index (χ1) is 8.19. The van der Waals surface area contributed by atoms with Gasteiger partial charge in [-0.15, -0.1) is 0 Å². The number of methoxy groups -OCH3 is 1. The third-order valence-electron chi connectivity index (χ3n) is 2.19. The molecule has 0 atom stereocenters. The molecule has 0 bridgehead atoms. The number of benzene rings is 1. The van der Waals surface area contributed by atoms with Gasteiger partial charge in [-0.3, -0.25) is 0 Å². The van der Waals surface area contributed by atoms with Crippen LogP contribution in [-0.4, -0.2) is 17.1 Å². The van der Waals surface area contributed by atoms with E-state index in [9.17, 15) is 0 Å². The normalized spacial score (nSPS) is 10.0. The number of hydrogen-bond donors (Lipinski definition) is 1. The summed E-state index contributed by atoms with van der Waals surface area (Å²) in [7, 11) is 1.59. The topological polar surface area (TPSA) is 70.3 Å². The number of aromatic nitrogens is 2. The summed E-state index contributed by atoms with van der Waals surface area (Å²) in [5.74, 6) is 2.30. The number of rotatable bonds is 3. The fourth-order valence-corrected chi connectivity index (χ4v) is 1.33. The van der Waals surface area contributed by atoms with Gasteiger partial charge in [-0.2, -0.15) is 4.98 Å². The molecule has 1 aromatic carbocycles. The lowest BCUT2D eigenvalue weighted by Crippen LogP contribution is -1.96. The highest BCUT2D eigenvalue weighted by molar-refractivity contribution is 5.56. The van der Waals surface area contributed by atoms with E-state index in [0.717, 1.165) is 0 Å². The van der Waals surface area contributed by atoms with E-state index in [2.05, 4.69) is 9.97 Å². The Morgan fingerprint density at radius 1 is 1.24 bits per heavy atom. The van der Waals surface area contributed by atoms with Crippen molar-refractivity contribution in [1.29, 1.82) is 0 Å². The molecule has 0 fully saturated rings. The van der Waals surface area contributed by atoms with Gasteiger partial charge in [0.2, 0.25) is 5.88 Å². The lowest BCUT2D eigenvalue weighted by Gasteiger charge is -2.09. The van der Waals surface area contributed by atoms with E-state index in [1.165, 1.54) is 0 Å². The van der Waals surface area contributed by atoms with Crippen LogP contribution in [0, 0.1) is 6.92 Å². The summed E-state index contributed by atoms with van der Waals surface area (Å²) in [4.78, 5) is 8.13. The maximum absolute atomic E-state index is 5.81. The third-order valence-corrected chi connectivity index (χ3v) is 2.19. The average Bonchev–Trinajstić information content (AvgIpc) is 2.32. The zero-order valence-electron chi connectivity index (χ0n) is 9.68. The molecule has 17 heavy (non-hydrogen) atoms. The molecule has 0 saturated heterocycles. The second-order valence-corrected chi connectivity index (χ2v) is 3.45. The third kappa shape index (κ3) is 2.63. The van der Waals surface area contributed by atoms with Gasteiger partial charge >= 0.3 is 0 Å². The van der Waals surface area contributed by atoms with Gasteiger partial charge in [-0.1, -0.05) is 0 Å². The van der Waals surface area contributed by atoms with Gasteiger partial charge in [0.25, 0.3) is 0 Å². The standard InChI is InChI=1S/C12H13N3O2/c1-8-14-6-5-12(15-8)17-11-7-9(16-2)3-4-10(11)13/h3-7H,13H2,1-2H3. The molecule has 0 spiro atoms. The van der Waals surface area contributed by atoms with Crippen LogP contribution in [0.2, 0.25) is 0 Å². The van der Waals surface area contributed by atoms with E-state index in [1.807, 2.05) is 0 Å². The molecule has 2 N–H and O–H groups in total. The van der Waals surface area contributed by atoms with E-state index in [4.69, 9.17) is 15.2 Å². The summed E-state index contributed by atoms with van der Waals surface area (Å²) in [6, 6.07) is 6.88. The maximum Gasteiger partial charge on any atom is 0.222 e. The van der Waals surface area contributed by atoms with Crippen molar-refractivity contribution in [3.05, 3.63) is 36.3 Å². The van der Waals surface area contributed by atoms with Crippen LogP contribution >= 0.6 is 0 Å². The predicted molar refractivity (Wildman–Crippen MR) is 64.2 cm³/mol. The Labute approximate surface area is 99.2 Å². The lowest BCUT2D eigenvalue weighted by molar-refractivity contribution is 0.407. The first kappa shape index (κ1) is 11.2. The van der Waals surface area contributed by atoms with Crippen LogP contribution in [0.25, 0.3) is 0 Å². The second kappa shape index (κ2) is 4.69. The average molecular weight is 231 g/mol. The van der Waals surface area contributed by atoms with Crippen molar-refractivity contribution < 1.29 is 9.47 Å². The van der Waals surface area contributed by atoms with Gasteiger partial charge in [-0.05, 0) is 19.1 Å². The Kier molecular flexibility index (Phi) is 3.09. The molecule has 88 valence electrons. The van der Waals surface area contributed by atoms with Crippen LogP contribution in [0.1, 0.15) is 5.82 Å². The van der Waals surface area contributed by atoms with Gasteiger partial charge in [-0.25, -0.2) is 4.98 Å². The fourth-order valence-electron chi connectivity index (χ4n) is 1.33. The summed E-state index contributed by atoms with van der Waals surface area (Å²) in [6.45, 7) is 1.79. The number of ether oxygens (including phenoxy) is 2. The molecule has 0 radical (unpaired) electrons. The molecule has 2 rings (SSSR count). The largest absolute Gasteiger partial charge is 0.497 e. The summed E-state index contributed by atoms with van der Waals surface area (Å²) in [6.07, 6.45) is 1.63. The molecular formula is C12H13N3O2. The fraction of sp³-hybridized carbons (Fsp3) is 0.167. The number of nitrogens with two attached hydrogens (primary N) is 1. The second-order valence-electron chi connectivity index (χ2n) is 3.45. The highest BCUT2D eigenvalue weighted by Crippen LogP contribution is 2.30. The quantitative estimate of drug-likeness (QED) is 0.820. The first-order valence-corrected chi connectivity index (χ1v) is 5.10. The highest BCUT2D eigenvalue weighted by Gasteiger charge is 2.05. The zero-order valence-corrected chi connectivity index (χ0v) is 9.68. The molecule has 0 saturated carbocycles. The number of anilines is 1. The first-order valence-electron chi connectivity index (χ1n) is 5.10. The monoisotopic (exact) mass is 231 g/mol. The van der Waals surface area contributed by atoms with Gasteiger partial charge in [0.15, 0.2) is 5.75 Å². The molecule has 0 aliphatic heterocycles. The van der Waals surface area contributed by atoms with Crippen molar-refractivity contribution >= 4 is 5.69 Å². The number of aryl methyl sites for hydroxylation is 1. The van der Waals surface area contributed by atoms with Crippen LogP contribution in [-0.2, 0) is 0 Å². The molecule has 0 aliphatic rings. The van der Waals surface area contributed by atoms with Crippen molar-refractivity contribution in [3.63, 3.8) is 0 Å². The van der Waals surface area contributed by atoms with Crippen LogP contribution < -0.4 is 15.2 Å². The van der Waals surface area contributed by atoms with Crippen molar-refractivity contribution in [2.75, 3.05) is 12.8 Å². The maximum atomic E-state index is 5.81. The Hall–Kier alpha value is -2.30. The summed E-state index contributed by atoms with van der Waals surface area (Å²) in [5, 5.41) is 0. The minimum absolute atomic E-state index is 0.456. The van der Waals surface area contributed by atoms with Crippen molar-refractivity contribution in [1.82, 2.24) is 9.97 Å². The Balaban J connectivity index is 2.29. The van der Waals surface area contributed by atoms with Crippen molar-refractivity contribution in [2.24, 2.45) is 0 Å². The Morgan fingerprint density at radius 2 is 2.06 bits per heavy atom. The molecule has 0 unspecified atom stereocenters. The minimum atomic E-state index is 0.456. The molecular weight excluding hydrogens is 218 g/mol. The van der Waals surface area contributed by atoms with E-state index >= 15 is 0 Å². The van der Waals surface area contributed by atoms with Gasteiger partial charge < -0.3 is 15.2 Å².